The molecule has 2 atom stereocenters. The van der Waals surface area contributed by atoms with E-state index in [0.29, 0.717) is 6.04 Å². The zero-order valence-corrected chi connectivity index (χ0v) is 13.0. The quantitative estimate of drug-likeness (QED) is 0.870. The van der Waals surface area contributed by atoms with E-state index in [4.69, 9.17) is 0 Å². The molecule has 0 aromatic heterocycles. The van der Waals surface area contributed by atoms with E-state index in [0.717, 1.165) is 30.5 Å². The van der Waals surface area contributed by atoms with Crippen molar-refractivity contribution < 1.29 is 4.79 Å². The zero-order chi connectivity index (χ0) is 14.8. The van der Waals surface area contributed by atoms with Crippen molar-refractivity contribution in [3.05, 3.63) is 35.4 Å². The van der Waals surface area contributed by atoms with Gasteiger partial charge in [-0.2, -0.15) is 0 Å². The number of piperidine rings is 1. The van der Waals surface area contributed by atoms with Gasteiger partial charge in [-0.1, -0.05) is 39.0 Å². The molecule has 1 aromatic carbocycles. The Morgan fingerprint density at radius 1 is 1.30 bits per heavy atom. The molecule has 1 fully saturated rings. The maximum atomic E-state index is 12.6. The van der Waals surface area contributed by atoms with Gasteiger partial charge in [-0.3, -0.25) is 4.79 Å². The standard InChI is InChI=1S/C17H26N2O/c1-12-15(10-7-11-18-12)19-16(20)13-8-5-6-9-14(13)17(2,3)4/h5-6,8-9,12,15,18H,7,10-11H2,1-4H3,(H,19,20). The van der Waals surface area contributed by atoms with Crippen LogP contribution in [0.4, 0.5) is 0 Å². The monoisotopic (exact) mass is 274 g/mol. The van der Waals surface area contributed by atoms with Gasteiger partial charge in [-0.05, 0) is 43.4 Å². The summed E-state index contributed by atoms with van der Waals surface area (Å²) in [7, 11) is 0. The van der Waals surface area contributed by atoms with Crippen molar-refractivity contribution in [2.24, 2.45) is 0 Å². The highest BCUT2D eigenvalue weighted by Gasteiger charge is 2.26. The van der Waals surface area contributed by atoms with Crippen LogP contribution in [0, 0.1) is 0 Å². The molecule has 0 saturated carbocycles. The van der Waals surface area contributed by atoms with Gasteiger partial charge in [0.05, 0.1) is 0 Å². The fraction of sp³-hybridized carbons (Fsp3) is 0.588. The summed E-state index contributed by atoms with van der Waals surface area (Å²) < 4.78 is 0. The summed E-state index contributed by atoms with van der Waals surface area (Å²) in [6.45, 7) is 9.61. The lowest BCUT2D eigenvalue weighted by atomic mass is 9.83. The summed E-state index contributed by atoms with van der Waals surface area (Å²) in [5, 5.41) is 6.61. The molecule has 20 heavy (non-hydrogen) atoms. The second kappa shape index (κ2) is 5.96. The van der Waals surface area contributed by atoms with E-state index in [9.17, 15) is 4.79 Å². The Bertz CT molecular complexity index is 476. The highest BCUT2D eigenvalue weighted by atomic mass is 16.1. The van der Waals surface area contributed by atoms with Crippen molar-refractivity contribution in [3.8, 4) is 0 Å². The SMILES string of the molecule is CC1NCCCC1NC(=O)c1ccccc1C(C)(C)C. The molecule has 2 N–H and O–H groups in total. The molecule has 2 rings (SSSR count). The fourth-order valence-corrected chi connectivity index (χ4v) is 2.82. The minimum atomic E-state index is -0.0234. The number of nitrogens with one attached hydrogen (secondary N) is 2. The van der Waals surface area contributed by atoms with Crippen LogP contribution in [0.2, 0.25) is 0 Å². The van der Waals surface area contributed by atoms with E-state index in [2.05, 4.69) is 44.4 Å². The Balaban J connectivity index is 2.17. The van der Waals surface area contributed by atoms with Gasteiger partial charge in [-0.15, -0.1) is 0 Å². The summed E-state index contributed by atoms with van der Waals surface area (Å²) in [6, 6.07) is 8.49. The van der Waals surface area contributed by atoms with Gasteiger partial charge in [0, 0.05) is 17.6 Å². The molecule has 1 amide bonds. The Labute approximate surface area is 122 Å². The van der Waals surface area contributed by atoms with Crippen LogP contribution in [0.1, 0.15) is 56.5 Å². The van der Waals surface area contributed by atoms with Gasteiger partial charge in [0.25, 0.3) is 5.91 Å². The predicted octanol–water partition coefficient (Wildman–Crippen LogP) is 2.85. The van der Waals surface area contributed by atoms with E-state index in [1.807, 2.05) is 18.2 Å². The zero-order valence-electron chi connectivity index (χ0n) is 13.0. The molecule has 0 bridgehead atoms. The predicted molar refractivity (Wildman–Crippen MR) is 83.1 cm³/mol. The van der Waals surface area contributed by atoms with E-state index in [1.165, 1.54) is 0 Å². The van der Waals surface area contributed by atoms with E-state index >= 15 is 0 Å². The van der Waals surface area contributed by atoms with Crippen molar-refractivity contribution in [1.82, 2.24) is 10.6 Å². The molecule has 0 aliphatic carbocycles. The van der Waals surface area contributed by atoms with Gasteiger partial charge >= 0.3 is 0 Å². The van der Waals surface area contributed by atoms with Crippen LogP contribution in [-0.4, -0.2) is 24.5 Å². The number of benzene rings is 1. The first-order valence-electron chi connectivity index (χ1n) is 7.53. The molecule has 0 radical (unpaired) electrons. The van der Waals surface area contributed by atoms with E-state index < -0.39 is 0 Å². The number of rotatable bonds is 2. The topological polar surface area (TPSA) is 41.1 Å². The summed E-state index contributed by atoms with van der Waals surface area (Å²) in [4.78, 5) is 12.6. The molecule has 1 aliphatic heterocycles. The van der Waals surface area contributed by atoms with Gasteiger partial charge in [0.15, 0.2) is 0 Å². The van der Waals surface area contributed by atoms with Crippen LogP contribution in [0.25, 0.3) is 0 Å². The summed E-state index contributed by atoms with van der Waals surface area (Å²) in [6.07, 6.45) is 2.17. The Morgan fingerprint density at radius 3 is 2.65 bits per heavy atom. The van der Waals surface area contributed by atoms with E-state index in [-0.39, 0.29) is 17.4 Å². The maximum absolute atomic E-state index is 12.6. The smallest absolute Gasteiger partial charge is 0.251 e. The van der Waals surface area contributed by atoms with Crippen molar-refractivity contribution in [3.63, 3.8) is 0 Å². The molecular formula is C17H26N2O. The third kappa shape index (κ3) is 3.40. The molecule has 2 unspecified atom stereocenters. The lowest BCUT2D eigenvalue weighted by molar-refractivity contribution is 0.0917. The van der Waals surface area contributed by atoms with Crippen molar-refractivity contribution in [2.75, 3.05) is 6.54 Å². The number of amides is 1. The molecule has 1 saturated heterocycles. The molecule has 3 heteroatoms. The number of carbonyl (C=O) groups excluding carboxylic acids is 1. The van der Waals surface area contributed by atoms with Crippen molar-refractivity contribution >= 4 is 5.91 Å². The van der Waals surface area contributed by atoms with E-state index in [1.54, 1.807) is 0 Å². The van der Waals surface area contributed by atoms with Crippen molar-refractivity contribution in [2.45, 2.75) is 58.0 Å². The molecule has 1 heterocycles. The average molecular weight is 274 g/mol. The average Bonchev–Trinajstić information content (AvgIpc) is 2.40. The first kappa shape index (κ1) is 15.0. The van der Waals surface area contributed by atoms with Gasteiger partial charge < -0.3 is 10.6 Å². The molecule has 110 valence electrons. The third-order valence-corrected chi connectivity index (χ3v) is 4.06. The molecule has 3 nitrogen and oxygen atoms in total. The first-order valence-corrected chi connectivity index (χ1v) is 7.53. The lowest BCUT2D eigenvalue weighted by Gasteiger charge is -2.31. The second-order valence-corrected chi connectivity index (χ2v) is 6.76. The van der Waals surface area contributed by atoms with Crippen LogP contribution in [0.3, 0.4) is 0 Å². The van der Waals surface area contributed by atoms with Crippen LogP contribution >= 0.6 is 0 Å². The summed E-state index contributed by atoms with van der Waals surface area (Å²) in [5.41, 5.74) is 1.89. The van der Waals surface area contributed by atoms with Crippen LogP contribution in [-0.2, 0) is 5.41 Å². The highest BCUT2D eigenvalue weighted by molar-refractivity contribution is 5.96. The normalized spacial score (nSPS) is 23.4. The Morgan fingerprint density at radius 2 is 2.00 bits per heavy atom. The molecule has 1 aromatic rings. The summed E-state index contributed by atoms with van der Waals surface area (Å²) >= 11 is 0. The second-order valence-electron chi connectivity index (χ2n) is 6.76. The van der Waals surface area contributed by atoms with Gasteiger partial charge in [-0.25, -0.2) is 0 Å². The van der Waals surface area contributed by atoms with Crippen molar-refractivity contribution in [1.29, 1.82) is 0 Å². The van der Waals surface area contributed by atoms with Crippen LogP contribution in [0.15, 0.2) is 24.3 Å². The first-order chi connectivity index (χ1) is 9.39. The highest BCUT2D eigenvalue weighted by Crippen LogP contribution is 2.25. The lowest BCUT2D eigenvalue weighted by Crippen LogP contribution is -2.52. The minimum Gasteiger partial charge on any atom is -0.348 e. The van der Waals surface area contributed by atoms with Gasteiger partial charge in [0.1, 0.15) is 0 Å². The summed E-state index contributed by atoms with van der Waals surface area (Å²) in [5.74, 6) is 0.0519. The number of carbonyl (C=O) groups is 1. The minimum absolute atomic E-state index is 0.0234. The third-order valence-electron chi connectivity index (χ3n) is 4.06. The molecule has 0 spiro atoms. The largest absolute Gasteiger partial charge is 0.348 e. The number of hydrogen-bond donors (Lipinski definition) is 2. The number of hydrogen-bond acceptors (Lipinski definition) is 2. The van der Waals surface area contributed by atoms with Crippen LogP contribution in [0.5, 0.6) is 0 Å². The van der Waals surface area contributed by atoms with Crippen LogP contribution < -0.4 is 10.6 Å². The Hall–Kier alpha value is -1.35. The van der Waals surface area contributed by atoms with Gasteiger partial charge in [0.2, 0.25) is 0 Å². The molecule has 1 aliphatic rings. The molecular weight excluding hydrogens is 248 g/mol. The fourth-order valence-electron chi connectivity index (χ4n) is 2.82. The maximum Gasteiger partial charge on any atom is 0.251 e. The Kier molecular flexibility index (Phi) is 4.48.